The molecule has 0 aliphatic rings. The number of nitrogens with one attached hydrogen (secondary N) is 1. The van der Waals surface area contributed by atoms with Crippen molar-refractivity contribution in [3.05, 3.63) is 99.4 Å². The highest BCUT2D eigenvalue weighted by Gasteiger charge is 2.27. The summed E-state index contributed by atoms with van der Waals surface area (Å²) in [5, 5.41) is 13.6. The fraction of sp³-hybridized carbons (Fsp3) is 0.333. The third kappa shape index (κ3) is 5.01. The van der Waals surface area contributed by atoms with Crippen LogP contribution in [0.4, 0.5) is 0 Å². The standard InChI is InChI=1S/C27H30N6O3/c1-4-7-25(26-29-30-31-33(26)17-23-9-6-11-36-23)32(16-22-8-5-10-35-22)15-21-14-20-12-18(2)19(3)13-24(20)28-27(21)34/h5-6,8-14,25H,4,7,15-17H2,1-3H3,(H,28,34)/t25-/m1/s1. The van der Waals surface area contributed by atoms with Gasteiger partial charge in [0.15, 0.2) is 5.82 Å². The van der Waals surface area contributed by atoms with Crippen molar-refractivity contribution in [3.63, 3.8) is 0 Å². The molecule has 1 N–H and O–H groups in total. The van der Waals surface area contributed by atoms with E-state index >= 15 is 0 Å². The van der Waals surface area contributed by atoms with Crippen LogP contribution in [0.25, 0.3) is 10.9 Å². The number of aryl methyl sites for hydroxylation is 2. The molecular formula is C27H30N6O3. The summed E-state index contributed by atoms with van der Waals surface area (Å²) in [6.45, 7) is 7.62. The Morgan fingerprint density at radius 2 is 1.78 bits per heavy atom. The lowest BCUT2D eigenvalue weighted by Gasteiger charge is -2.30. The zero-order chi connectivity index (χ0) is 25.1. The molecule has 186 valence electrons. The normalized spacial score (nSPS) is 12.6. The highest BCUT2D eigenvalue weighted by Crippen LogP contribution is 2.28. The van der Waals surface area contributed by atoms with Crippen LogP contribution in [0.3, 0.4) is 0 Å². The van der Waals surface area contributed by atoms with Crippen LogP contribution in [0.2, 0.25) is 0 Å². The van der Waals surface area contributed by atoms with E-state index < -0.39 is 0 Å². The molecule has 0 saturated heterocycles. The van der Waals surface area contributed by atoms with E-state index in [0.29, 0.717) is 25.2 Å². The molecule has 9 heteroatoms. The summed E-state index contributed by atoms with van der Waals surface area (Å²) in [5.41, 5.74) is 3.77. The van der Waals surface area contributed by atoms with Gasteiger partial charge in [0.2, 0.25) is 0 Å². The molecule has 36 heavy (non-hydrogen) atoms. The second-order valence-electron chi connectivity index (χ2n) is 9.21. The Kier molecular flexibility index (Phi) is 6.81. The van der Waals surface area contributed by atoms with E-state index in [1.807, 2.05) is 43.3 Å². The summed E-state index contributed by atoms with van der Waals surface area (Å²) in [6.07, 6.45) is 5.03. The van der Waals surface area contributed by atoms with E-state index in [2.05, 4.69) is 45.3 Å². The first-order valence-corrected chi connectivity index (χ1v) is 12.2. The lowest BCUT2D eigenvalue weighted by molar-refractivity contribution is 0.144. The Bertz CT molecular complexity index is 1480. The van der Waals surface area contributed by atoms with E-state index in [-0.39, 0.29) is 11.6 Å². The Labute approximate surface area is 208 Å². The van der Waals surface area contributed by atoms with Crippen LogP contribution in [0.5, 0.6) is 0 Å². The van der Waals surface area contributed by atoms with Crippen molar-refractivity contribution in [3.8, 4) is 0 Å². The summed E-state index contributed by atoms with van der Waals surface area (Å²) in [6, 6.07) is 13.6. The maximum Gasteiger partial charge on any atom is 0.252 e. The van der Waals surface area contributed by atoms with Crippen molar-refractivity contribution in [2.45, 2.75) is 59.3 Å². The fourth-order valence-corrected chi connectivity index (χ4v) is 4.60. The van der Waals surface area contributed by atoms with Gasteiger partial charge in [0.1, 0.15) is 18.1 Å². The van der Waals surface area contributed by atoms with Crippen LogP contribution < -0.4 is 5.56 Å². The SMILES string of the molecule is CCC[C@H](c1nnnn1Cc1ccco1)N(Cc1ccco1)Cc1cc2cc(C)c(C)cc2[nH]c1=O. The van der Waals surface area contributed by atoms with E-state index in [9.17, 15) is 4.79 Å². The smallest absolute Gasteiger partial charge is 0.252 e. The van der Waals surface area contributed by atoms with Gasteiger partial charge in [0.25, 0.3) is 5.56 Å². The van der Waals surface area contributed by atoms with Gasteiger partial charge in [-0.15, -0.1) is 5.10 Å². The van der Waals surface area contributed by atoms with Crippen LogP contribution in [0, 0.1) is 13.8 Å². The zero-order valence-corrected chi connectivity index (χ0v) is 20.8. The molecule has 0 spiro atoms. The third-order valence-electron chi connectivity index (χ3n) is 6.59. The minimum atomic E-state index is -0.139. The first kappa shape index (κ1) is 23.7. The van der Waals surface area contributed by atoms with Crippen LogP contribution in [-0.4, -0.2) is 30.1 Å². The van der Waals surface area contributed by atoms with Crippen LogP contribution in [0.15, 0.2) is 68.6 Å². The van der Waals surface area contributed by atoms with Crippen LogP contribution in [0.1, 0.15) is 59.8 Å². The van der Waals surface area contributed by atoms with Crippen LogP contribution >= 0.6 is 0 Å². The fourth-order valence-electron chi connectivity index (χ4n) is 4.60. The van der Waals surface area contributed by atoms with Gasteiger partial charge in [0, 0.05) is 17.6 Å². The van der Waals surface area contributed by atoms with Gasteiger partial charge in [-0.3, -0.25) is 9.69 Å². The van der Waals surface area contributed by atoms with Gasteiger partial charge >= 0.3 is 0 Å². The number of furan rings is 2. The Balaban J connectivity index is 1.53. The van der Waals surface area contributed by atoms with Crippen molar-refractivity contribution < 1.29 is 8.83 Å². The number of hydrogen-bond acceptors (Lipinski definition) is 7. The number of pyridine rings is 1. The largest absolute Gasteiger partial charge is 0.468 e. The number of rotatable bonds is 10. The van der Waals surface area contributed by atoms with Crippen molar-refractivity contribution in [2.75, 3.05) is 0 Å². The predicted octanol–water partition coefficient (Wildman–Crippen LogP) is 4.91. The van der Waals surface area contributed by atoms with Crippen molar-refractivity contribution in [1.82, 2.24) is 30.1 Å². The predicted molar refractivity (Wildman–Crippen MR) is 135 cm³/mol. The minimum Gasteiger partial charge on any atom is -0.468 e. The zero-order valence-electron chi connectivity index (χ0n) is 20.8. The first-order valence-electron chi connectivity index (χ1n) is 12.2. The van der Waals surface area contributed by atoms with E-state index in [0.717, 1.165) is 46.7 Å². The molecule has 0 aliphatic carbocycles. The third-order valence-corrected chi connectivity index (χ3v) is 6.59. The summed E-state index contributed by atoms with van der Waals surface area (Å²) in [4.78, 5) is 18.4. The lowest BCUT2D eigenvalue weighted by Crippen LogP contribution is -2.32. The molecule has 1 aromatic carbocycles. The second-order valence-corrected chi connectivity index (χ2v) is 9.21. The Morgan fingerprint density at radius 1 is 1.03 bits per heavy atom. The molecule has 9 nitrogen and oxygen atoms in total. The van der Waals surface area contributed by atoms with Gasteiger partial charge < -0.3 is 13.8 Å². The Morgan fingerprint density at radius 3 is 2.50 bits per heavy atom. The quantitative estimate of drug-likeness (QED) is 0.299. The monoisotopic (exact) mass is 486 g/mol. The maximum absolute atomic E-state index is 13.1. The van der Waals surface area contributed by atoms with Gasteiger partial charge in [0.05, 0.1) is 25.1 Å². The number of H-pyrrole nitrogens is 1. The molecule has 0 saturated carbocycles. The molecule has 0 fully saturated rings. The Hall–Kier alpha value is -3.98. The number of nitrogens with zero attached hydrogens (tertiary/aromatic N) is 5. The molecule has 1 atom stereocenters. The van der Waals surface area contributed by atoms with Crippen molar-refractivity contribution in [1.29, 1.82) is 0 Å². The molecule has 0 radical (unpaired) electrons. The maximum atomic E-state index is 13.1. The molecule has 5 aromatic rings. The van der Waals surface area contributed by atoms with E-state index in [1.54, 1.807) is 17.2 Å². The second kappa shape index (κ2) is 10.3. The number of hydrogen-bond donors (Lipinski definition) is 1. The summed E-state index contributed by atoms with van der Waals surface area (Å²) in [5.74, 6) is 2.31. The van der Waals surface area contributed by atoms with Gasteiger partial charge in [-0.1, -0.05) is 13.3 Å². The molecule has 0 aliphatic heterocycles. The number of fused-ring (bicyclic) bond motifs is 1. The molecule has 0 unspecified atom stereocenters. The number of aromatic nitrogens is 5. The van der Waals surface area contributed by atoms with Crippen molar-refractivity contribution in [2.24, 2.45) is 0 Å². The lowest BCUT2D eigenvalue weighted by atomic mass is 10.0. The molecule has 4 aromatic heterocycles. The topological polar surface area (TPSA) is 106 Å². The van der Waals surface area contributed by atoms with Crippen LogP contribution in [-0.2, 0) is 19.6 Å². The van der Waals surface area contributed by atoms with Gasteiger partial charge in [-0.25, -0.2) is 4.68 Å². The van der Waals surface area contributed by atoms with Gasteiger partial charge in [-0.2, -0.15) is 0 Å². The summed E-state index contributed by atoms with van der Waals surface area (Å²) < 4.78 is 13.0. The minimum absolute atomic E-state index is 0.0966. The number of aromatic amines is 1. The molecule has 0 bridgehead atoms. The first-order chi connectivity index (χ1) is 17.5. The molecule has 4 heterocycles. The summed E-state index contributed by atoms with van der Waals surface area (Å²) >= 11 is 0. The average molecular weight is 487 g/mol. The molecule has 0 amide bonds. The number of benzene rings is 1. The highest BCUT2D eigenvalue weighted by atomic mass is 16.3. The summed E-state index contributed by atoms with van der Waals surface area (Å²) in [7, 11) is 0. The molecular weight excluding hydrogens is 456 g/mol. The number of tetrazole rings is 1. The van der Waals surface area contributed by atoms with Gasteiger partial charge in [-0.05, 0) is 89.7 Å². The van der Waals surface area contributed by atoms with E-state index in [1.165, 1.54) is 5.56 Å². The average Bonchev–Trinajstić information content (AvgIpc) is 3.63. The van der Waals surface area contributed by atoms with E-state index in [4.69, 9.17) is 8.83 Å². The van der Waals surface area contributed by atoms with Crippen molar-refractivity contribution >= 4 is 10.9 Å². The molecule has 5 rings (SSSR count). The highest BCUT2D eigenvalue weighted by molar-refractivity contribution is 5.80.